The lowest BCUT2D eigenvalue weighted by molar-refractivity contribution is -0.133. The molecule has 3 atom stereocenters. The molecule has 0 bridgehead atoms. The Labute approximate surface area is 233 Å². The van der Waals surface area contributed by atoms with Crippen molar-refractivity contribution in [1.82, 2.24) is 16.0 Å². The SMILES string of the molecule is COc1ccc2c(c1)C(C(=O)N[C@@H](CC(C)C)C(=O)N[C@H](CC(C)C)C(=O)NCc1c(F)cccc1F)CC2=O. The molecule has 0 saturated carbocycles. The maximum absolute atomic E-state index is 14.0. The van der Waals surface area contributed by atoms with Gasteiger partial charge < -0.3 is 20.7 Å². The maximum Gasteiger partial charge on any atom is 0.243 e. The maximum atomic E-state index is 14.0. The first-order valence-corrected chi connectivity index (χ1v) is 13.4. The van der Waals surface area contributed by atoms with E-state index < -0.39 is 47.4 Å². The number of methoxy groups -OCH3 is 1. The first-order valence-electron chi connectivity index (χ1n) is 13.4. The van der Waals surface area contributed by atoms with Gasteiger partial charge in [-0.1, -0.05) is 33.8 Å². The quantitative estimate of drug-likeness (QED) is 0.365. The zero-order valence-electron chi connectivity index (χ0n) is 23.5. The first-order chi connectivity index (χ1) is 18.9. The molecular formula is C30H37F2N3O5. The summed E-state index contributed by atoms with van der Waals surface area (Å²) in [7, 11) is 1.49. The molecule has 1 aliphatic rings. The Kier molecular flexibility index (Phi) is 10.4. The third-order valence-corrected chi connectivity index (χ3v) is 6.82. The molecule has 0 spiro atoms. The molecular weight excluding hydrogens is 520 g/mol. The van der Waals surface area contributed by atoms with Crippen LogP contribution >= 0.6 is 0 Å². The Morgan fingerprint density at radius 1 is 0.925 bits per heavy atom. The molecule has 10 heteroatoms. The molecule has 2 aromatic rings. The van der Waals surface area contributed by atoms with Crippen molar-refractivity contribution < 1.29 is 32.7 Å². The highest BCUT2D eigenvalue weighted by atomic mass is 19.1. The lowest BCUT2D eigenvalue weighted by atomic mass is 9.97. The Hall–Kier alpha value is -3.82. The van der Waals surface area contributed by atoms with Crippen LogP contribution in [0.3, 0.4) is 0 Å². The summed E-state index contributed by atoms with van der Waals surface area (Å²) in [4.78, 5) is 52.3. The molecule has 0 aliphatic heterocycles. The summed E-state index contributed by atoms with van der Waals surface area (Å²) in [6.07, 6.45) is 0.541. The summed E-state index contributed by atoms with van der Waals surface area (Å²) >= 11 is 0. The van der Waals surface area contributed by atoms with Gasteiger partial charge in [-0.2, -0.15) is 0 Å². The molecule has 3 N–H and O–H groups in total. The van der Waals surface area contributed by atoms with Crippen LogP contribution in [0.15, 0.2) is 36.4 Å². The summed E-state index contributed by atoms with van der Waals surface area (Å²) in [6, 6.07) is 6.42. The molecule has 3 rings (SSSR count). The lowest BCUT2D eigenvalue weighted by Crippen LogP contribution is -2.54. The number of ketones is 1. The van der Waals surface area contributed by atoms with E-state index in [4.69, 9.17) is 4.74 Å². The fourth-order valence-corrected chi connectivity index (χ4v) is 4.80. The van der Waals surface area contributed by atoms with Crippen LogP contribution in [0.2, 0.25) is 0 Å². The molecule has 0 heterocycles. The standard InChI is InChI=1S/C30H37F2N3O5/c1-16(2)11-25(29(38)33-15-22-23(31)7-6-8-24(22)32)35-30(39)26(12-17(3)4)34-28(37)21-14-27(36)19-10-9-18(40-5)13-20(19)21/h6-10,13,16-17,21,25-26H,11-12,14-15H2,1-5H3,(H,33,38)(H,34,37)(H,35,39)/t21?,25-,26+/m1/s1. The zero-order chi connectivity index (χ0) is 29.6. The van der Waals surface area contributed by atoms with E-state index in [0.29, 0.717) is 23.3 Å². The van der Waals surface area contributed by atoms with E-state index in [1.54, 1.807) is 18.2 Å². The summed E-state index contributed by atoms with van der Waals surface area (Å²) in [5.41, 5.74) is 0.715. The van der Waals surface area contributed by atoms with Crippen LogP contribution in [0.1, 0.15) is 74.4 Å². The number of ether oxygens (including phenoxy) is 1. The van der Waals surface area contributed by atoms with Gasteiger partial charge in [0, 0.05) is 24.1 Å². The van der Waals surface area contributed by atoms with Gasteiger partial charge in [0.05, 0.1) is 13.0 Å². The highest BCUT2D eigenvalue weighted by Gasteiger charge is 2.37. The van der Waals surface area contributed by atoms with E-state index in [9.17, 15) is 28.0 Å². The van der Waals surface area contributed by atoms with Crippen molar-refractivity contribution in [3.8, 4) is 5.75 Å². The van der Waals surface area contributed by atoms with E-state index in [0.717, 1.165) is 12.1 Å². The molecule has 0 fully saturated rings. The fraction of sp³-hybridized carbons (Fsp3) is 0.467. The molecule has 1 aliphatic carbocycles. The Morgan fingerprint density at radius 2 is 1.52 bits per heavy atom. The minimum atomic E-state index is -0.994. The van der Waals surface area contributed by atoms with Crippen LogP contribution < -0.4 is 20.7 Å². The van der Waals surface area contributed by atoms with Crippen LogP contribution in [0.25, 0.3) is 0 Å². The molecule has 2 aromatic carbocycles. The van der Waals surface area contributed by atoms with Crippen molar-refractivity contribution >= 4 is 23.5 Å². The van der Waals surface area contributed by atoms with E-state index in [2.05, 4.69) is 16.0 Å². The van der Waals surface area contributed by atoms with Gasteiger partial charge in [0.1, 0.15) is 29.5 Å². The molecule has 40 heavy (non-hydrogen) atoms. The third-order valence-electron chi connectivity index (χ3n) is 6.82. The van der Waals surface area contributed by atoms with Crippen molar-refractivity contribution in [2.45, 2.75) is 71.5 Å². The summed E-state index contributed by atoms with van der Waals surface area (Å²) < 4.78 is 33.3. The Morgan fingerprint density at radius 3 is 2.10 bits per heavy atom. The molecule has 0 aromatic heterocycles. The largest absolute Gasteiger partial charge is 0.497 e. The predicted octanol–water partition coefficient (Wildman–Crippen LogP) is 4.02. The second-order valence-corrected chi connectivity index (χ2v) is 10.9. The number of Topliss-reactive ketones (excluding diaryl/α,β-unsaturated/α-hetero) is 1. The summed E-state index contributed by atoms with van der Waals surface area (Å²) in [5, 5.41) is 8.02. The van der Waals surface area contributed by atoms with Gasteiger partial charge in [0.25, 0.3) is 0 Å². The summed E-state index contributed by atoms with van der Waals surface area (Å²) in [5.74, 6) is -3.58. The zero-order valence-corrected chi connectivity index (χ0v) is 23.5. The number of nitrogens with one attached hydrogen (secondary N) is 3. The number of halogens is 2. The average molecular weight is 558 g/mol. The number of hydrogen-bond donors (Lipinski definition) is 3. The Bertz CT molecular complexity index is 1240. The molecule has 3 amide bonds. The van der Waals surface area contributed by atoms with E-state index in [1.807, 2.05) is 27.7 Å². The average Bonchev–Trinajstić information content (AvgIpc) is 3.22. The van der Waals surface area contributed by atoms with Gasteiger partial charge in [-0.05, 0) is 60.6 Å². The predicted molar refractivity (Wildman–Crippen MR) is 146 cm³/mol. The third kappa shape index (κ3) is 7.64. The van der Waals surface area contributed by atoms with Gasteiger partial charge >= 0.3 is 0 Å². The highest BCUT2D eigenvalue weighted by Crippen LogP contribution is 2.35. The van der Waals surface area contributed by atoms with Gasteiger partial charge in [-0.25, -0.2) is 8.78 Å². The van der Waals surface area contributed by atoms with Crippen LogP contribution in [-0.2, 0) is 20.9 Å². The van der Waals surface area contributed by atoms with Crippen molar-refractivity contribution in [2.75, 3.05) is 7.11 Å². The van der Waals surface area contributed by atoms with Crippen molar-refractivity contribution in [2.24, 2.45) is 11.8 Å². The number of carbonyl (C=O) groups excluding carboxylic acids is 4. The summed E-state index contributed by atoms with van der Waals surface area (Å²) in [6.45, 7) is 7.16. The van der Waals surface area contributed by atoms with Gasteiger partial charge in [-0.15, -0.1) is 0 Å². The van der Waals surface area contributed by atoms with Crippen molar-refractivity contribution in [3.05, 3.63) is 64.7 Å². The number of amides is 3. The number of benzene rings is 2. The molecule has 0 saturated heterocycles. The first kappa shape index (κ1) is 30.7. The van der Waals surface area contributed by atoms with Gasteiger partial charge in [0.15, 0.2) is 5.78 Å². The highest BCUT2D eigenvalue weighted by molar-refractivity contribution is 6.07. The van der Waals surface area contributed by atoms with Crippen molar-refractivity contribution in [1.29, 1.82) is 0 Å². The second kappa shape index (κ2) is 13.5. The number of fused-ring (bicyclic) bond motifs is 1. The van der Waals surface area contributed by atoms with E-state index in [1.165, 1.54) is 13.2 Å². The molecule has 8 nitrogen and oxygen atoms in total. The normalized spacial score (nSPS) is 15.9. The molecule has 0 radical (unpaired) electrons. The number of carbonyl (C=O) groups is 4. The second-order valence-electron chi connectivity index (χ2n) is 10.9. The molecule has 216 valence electrons. The number of hydrogen-bond acceptors (Lipinski definition) is 5. The van der Waals surface area contributed by atoms with Crippen molar-refractivity contribution in [3.63, 3.8) is 0 Å². The van der Waals surface area contributed by atoms with E-state index >= 15 is 0 Å². The number of rotatable bonds is 12. The minimum Gasteiger partial charge on any atom is -0.497 e. The van der Waals surface area contributed by atoms with Crippen LogP contribution in [0, 0.1) is 23.5 Å². The topological polar surface area (TPSA) is 114 Å². The van der Waals surface area contributed by atoms with Crippen LogP contribution in [-0.4, -0.2) is 42.7 Å². The fourth-order valence-electron chi connectivity index (χ4n) is 4.80. The minimum absolute atomic E-state index is 0.00960. The van der Waals surface area contributed by atoms with Crippen LogP contribution in [0.4, 0.5) is 8.78 Å². The monoisotopic (exact) mass is 557 g/mol. The Balaban J connectivity index is 1.74. The smallest absolute Gasteiger partial charge is 0.243 e. The lowest BCUT2D eigenvalue weighted by Gasteiger charge is -2.26. The van der Waals surface area contributed by atoms with Gasteiger partial charge in [-0.3, -0.25) is 19.2 Å². The molecule has 1 unspecified atom stereocenters. The van der Waals surface area contributed by atoms with Crippen LogP contribution in [0.5, 0.6) is 5.75 Å². The van der Waals surface area contributed by atoms with Gasteiger partial charge in [0.2, 0.25) is 17.7 Å². The van der Waals surface area contributed by atoms with E-state index in [-0.39, 0.29) is 42.6 Å².